The first kappa shape index (κ1) is 16.6. The van der Waals surface area contributed by atoms with Gasteiger partial charge in [0.15, 0.2) is 0 Å². The fourth-order valence-corrected chi connectivity index (χ4v) is 4.75. The summed E-state index contributed by atoms with van der Waals surface area (Å²) in [4.78, 5) is 5.23. The summed E-state index contributed by atoms with van der Waals surface area (Å²) in [5.41, 5.74) is 1.45. The summed E-state index contributed by atoms with van der Waals surface area (Å²) < 4.78 is 5.99. The van der Waals surface area contributed by atoms with E-state index in [4.69, 9.17) is 4.74 Å². The van der Waals surface area contributed by atoms with Crippen LogP contribution in [0.5, 0.6) is 0 Å². The molecule has 2 unspecified atom stereocenters. The minimum atomic E-state index is 0.854. The van der Waals surface area contributed by atoms with E-state index in [1.54, 1.807) is 0 Å². The Kier molecular flexibility index (Phi) is 5.51. The van der Waals surface area contributed by atoms with Gasteiger partial charge in [-0.25, -0.2) is 0 Å². The maximum Gasteiger partial charge on any atom is 0.0500 e. The molecule has 1 saturated carbocycles. The Morgan fingerprint density at radius 2 is 1.67 bits per heavy atom. The van der Waals surface area contributed by atoms with Gasteiger partial charge in [0.2, 0.25) is 0 Å². The van der Waals surface area contributed by atoms with Crippen molar-refractivity contribution in [2.45, 2.75) is 32.2 Å². The highest BCUT2D eigenvalue weighted by Crippen LogP contribution is 2.51. The number of piperidine rings is 2. The van der Waals surface area contributed by atoms with Gasteiger partial charge in [-0.1, -0.05) is 36.8 Å². The van der Waals surface area contributed by atoms with E-state index in [0.29, 0.717) is 0 Å². The first-order valence-corrected chi connectivity index (χ1v) is 9.96. The lowest BCUT2D eigenvalue weighted by molar-refractivity contribution is 0.0967. The van der Waals surface area contributed by atoms with Crippen molar-refractivity contribution >= 4 is 0 Å². The molecule has 0 aromatic heterocycles. The molecule has 1 aliphatic carbocycles. The molecule has 0 bridgehead atoms. The van der Waals surface area contributed by atoms with E-state index in [1.165, 1.54) is 64.0 Å². The van der Waals surface area contributed by atoms with Crippen LogP contribution in [-0.4, -0.2) is 55.7 Å². The van der Waals surface area contributed by atoms with Crippen LogP contribution < -0.4 is 0 Å². The Balaban J connectivity index is 1.06. The van der Waals surface area contributed by atoms with Gasteiger partial charge in [-0.3, -0.25) is 4.90 Å². The van der Waals surface area contributed by atoms with Crippen molar-refractivity contribution in [3.8, 4) is 0 Å². The number of ether oxygens (including phenoxy) is 1. The minimum Gasteiger partial charge on any atom is -0.381 e. The van der Waals surface area contributed by atoms with Gasteiger partial charge in [0.25, 0.3) is 0 Å². The molecule has 1 aromatic carbocycles. The Morgan fingerprint density at radius 1 is 0.917 bits per heavy atom. The van der Waals surface area contributed by atoms with E-state index in [1.807, 2.05) is 0 Å². The third-order valence-electron chi connectivity index (χ3n) is 6.22. The van der Waals surface area contributed by atoms with Gasteiger partial charge in [0.1, 0.15) is 0 Å². The molecule has 3 fully saturated rings. The molecule has 0 amide bonds. The van der Waals surface area contributed by atoms with Crippen molar-refractivity contribution in [3.63, 3.8) is 0 Å². The van der Waals surface area contributed by atoms with Crippen LogP contribution in [0.25, 0.3) is 0 Å². The summed E-state index contributed by atoms with van der Waals surface area (Å²) in [6.45, 7) is 9.51. The number of rotatable bonds is 8. The lowest BCUT2D eigenvalue weighted by atomic mass is 10.1. The highest BCUT2D eigenvalue weighted by Gasteiger charge is 2.55. The zero-order valence-electron chi connectivity index (χ0n) is 14.9. The van der Waals surface area contributed by atoms with E-state index < -0.39 is 0 Å². The molecule has 0 N–H and O–H groups in total. The number of nitrogens with zero attached hydrogens (tertiary/aromatic N) is 2. The monoisotopic (exact) mass is 328 g/mol. The maximum atomic E-state index is 5.99. The number of likely N-dealkylation sites (tertiary alicyclic amines) is 2. The number of benzene rings is 1. The summed E-state index contributed by atoms with van der Waals surface area (Å²) in [6, 6.07) is 10.9. The van der Waals surface area contributed by atoms with E-state index >= 15 is 0 Å². The third kappa shape index (κ3) is 4.19. The van der Waals surface area contributed by atoms with E-state index in [-0.39, 0.29) is 0 Å². The van der Waals surface area contributed by atoms with Crippen LogP contribution in [0.15, 0.2) is 30.3 Å². The molecule has 2 atom stereocenters. The Labute approximate surface area is 147 Å². The smallest absolute Gasteiger partial charge is 0.0500 e. The maximum absolute atomic E-state index is 5.99. The molecule has 132 valence electrons. The molecule has 2 aliphatic heterocycles. The van der Waals surface area contributed by atoms with Gasteiger partial charge in [-0.15, -0.1) is 0 Å². The zero-order valence-corrected chi connectivity index (χ0v) is 14.9. The van der Waals surface area contributed by atoms with Crippen molar-refractivity contribution in [1.29, 1.82) is 0 Å². The summed E-state index contributed by atoms with van der Waals surface area (Å²) in [5.74, 6) is 2.68. The fraction of sp³-hybridized carbons (Fsp3) is 0.714. The first-order chi connectivity index (χ1) is 11.9. The highest BCUT2D eigenvalue weighted by molar-refractivity contribution is 5.15. The molecule has 3 heteroatoms. The molecular formula is C21H32N2O. The molecule has 1 aromatic rings. The van der Waals surface area contributed by atoms with Gasteiger partial charge in [-0.05, 0) is 55.7 Å². The molecule has 3 nitrogen and oxygen atoms in total. The first-order valence-electron chi connectivity index (χ1n) is 9.96. The molecule has 24 heavy (non-hydrogen) atoms. The topological polar surface area (TPSA) is 15.7 Å². The predicted octanol–water partition coefficient (Wildman–Crippen LogP) is 3.26. The van der Waals surface area contributed by atoms with Gasteiger partial charge in [0, 0.05) is 32.8 Å². The van der Waals surface area contributed by atoms with Gasteiger partial charge in [0.05, 0.1) is 6.61 Å². The van der Waals surface area contributed by atoms with Gasteiger partial charge in [-0.2, -0.15) is 0 Å². The summed E-state index contributed by atoms with van der Waals surface area (Å²) in [7, 11) is 0. The van der Waals surface area contributed by atoms with Crippen LogP contribution in [-0.2, 0) is 11.3 Å². The number of hydrogen-bond donors (Lipinski definition) is 0. The van der Waals surface area contributed by atoms with Crippen LogP contribution >= 0.6 is 0 Å². The largest absolute Gasteiger partial charge is 0.381 e. The molecule has 0 radical (unpaired) electrons. The van der Waals surface area contributed by atoms with Gasteiger partial charge >= 0.3 is 0 Å². The lowest BCUT2D eigenvalue weighted by Crippen LogP contribution is -2.31. The molecule has 0 spiro atoms. The molecule has 3 aliphatic rings. The Bertz CT molecular complexity index is 488. The Morgan fingerprint density at radius 3 is 2.42 bits per heavy atom. The SMILES string of the molecule is c1ccc(CN2CC3C(COCCCN4CCCCC4)C3C2)cc1. The molecule has 2 saturated heterocycles. The van der Waals surface area contributed by atoms with Crippen LogP contribution in [0.2, 0.25) is 0 Å². The summed E-state index contributed by atoms with van der Waals surface area (Å²) in [6.07, 6.45) is 5.43. The second kappa shape index (κ2) is 7.99. The normalized spacial score (nSPS) is 30.4. The minimum absolute atomic E-state index is 0.854. The highest BCUT2D eigenvalue weighted by atomic mass is 16.5. The summed E-state index contributed by atoms with van der Waals surface area (Å²) >= 11 is 0. The van der Waals surface area contributed by atoms with E-state index in [0.717, 1.165) is 37.5 Å². The van der Waals surface area contributed by atoms with E-state index in [9.17, 15) is 0 Å². The molecular weight excluding hydrogens is 296 g/mol. The third-order valence-corrected chi connectivity index (χ3v) is 6.22. The van der Waals surface area contributed by atoms with Crippen LogP contribution in [0.4, 0.5) is 0 Å². The Hall–Kier alpha value is -0.900. The fourth-order valence-electron chi connectivity index (χ4n) is 4.75. The van der Waals surface area contributed by atoms with Crippen LogP contribution in [0.1, 0.15) is 31.2 Å². The molecule has 4 rings (SSSR count). The molecule has 2 heterocycles. The average molecular weight is 329 g/mol. The number of hydrogen-bond acceptors (Lipinski definition) is 3. The lowest BCUT2D eigenvalue weighted by Gasteiger charge is -2.26. The standard InChI is InChI=1S/C21H32N2O/c1-3-8-18(9-4-1)14-23-15-19-20(16-23)21(19)17-24-13-7-12-22-10-5-2-6-11-22/h1,3-4,8-9,19-21H,2,5-7,10-17H2. The second-order valence-electron chi connectivity index (χ2n) is 8.00. The van der Waals surface area contributed by atoms with Crippen molar-refractivity contribution in [2.24, 2.45) is 17.8 Å². The second-order valence-corrected chi connectivity index (χ2v) is 8.00. The van der Waals surface area contributed by atoms with Crippen LogP contribution in [0, 0.1) is 17.8 Å². The predicted molar refractivity (Wildman–Crippen MR) is 97.9 cm³/mol. The van der Waals surface area contributed by atoms with Gasteiger partial charge < -0.3 is 9.64 Å². The quantitative estimate of drug-likeness (QED) is 0.681. The summed E-state index contributed by atoms with van der Waals surface area (Å²) in [5, 5.41) is 0. The van der Waals surface area contributed by atoms with Crippen LogP contribution in [0.3, 0.4) is 0 Å². The average Bonchev–Trinajstić information content (AvgIpc) is 3.08. The number of fused-ring (bicyclic) bond motifs is 1. The zero-order chi connectivity index (χ0) is 16.2. The van der Waals surface area contributed by atoms with Crippen molar-refractivity contribution < 1.29 is 4.74 Å². The van der Waals surface area contributed by atoms with E-state index in [2.05, 4.69) is 40.1 Å². The van der Waals surface area contributed by atoms with Crippen molar-refractivity contribution in [3.05, 3.63) is 35.9 Å². The van der Waals surface area contributed by atoms with Crippen molar-refractivity contribution in [2.75, 3.05) is 45.9 Å². The van der Waals surface area contributed by atoms with Crippen molar-refractivity contribution in [1.82, 2.24) is 9.80 Å².